The van der Waals surface area contributed by atoms with Crippen molar-refractivity contribution in [3.63, 3.8) is 0 Å². The fraction of sp³-hybridized carbons (Fsp3) is 0.692. The van der Waals surface area contributed by atoms with E-state index in [0.29, 0.717) is 35.1 Å². The Morgan fingerprint density at radius 3 is 2.78 bits per heavy atom. The summed E-state index contributed by atoms with van der Waals surface area (Å²) >= 11 is 0. The van der Waals surface area contributed by atoms with Crippen molar-refractivity contribution in [2.24, 2.45) is 17.8 Å². The summed E-state index contributed by atoms with van der Waals surface area (Å²) in [5.41, 5.74) is 0.510. The molecule has 1 amide bonds. The van der Waals surface area contributed by atoms with Gasteiger partial charge in [0.15, 0.2) is 0 Å². The van der Waals surface area contributed by atoms with E-state index < -0.39 is 5.67 Å². The summed E-state index contributed by atoms with van der Waals surface area (Å²) in [6, 6.07) is 0.595. The summed E-state index contributed by atoms with van der Waals surface area (Å²) in [6.45, 7) is 3.92. The number of H-pyrrole nitrogens is 1. The summed E-state index contributed by atoms with van der Waals surface area (Å²) in [5, 5.41) is 0.815. The van der Waals surface area contributed by atoms with Crippen molar-refractivity contribution < 1.29 is 13.9 Å². The van der Waals surface area contributed by atoms with Crippen LogP contribution in [0, 0.1) is 17.8 Å². The Morgan fingerprint density at radius 1 is 1.25 bits per heavy atom. The van der Waals surface area contributed by atoms with Gasteiger partial charge in [-0.1, -0.05) is 6.92 Å². The van der Waals surface area contributed by atoms with Crippen molar-refractivity contribution in [2.45, 2.75) is 88.9 Å². The average molecular weight is 440 g/mol. The van der Waals surface area contributed by atoms with Crippen molar-refractivity contribution in [2.75, 3.05) is 7.11 Å². The lowest BCUT2D eigenvalue weighted by molar-refractivity contribution is -0.151. The molecule has 3 aliphatic carbocycles. The molecule has 0 aromatic carbocycles. The van der Waals surface area contributed by atoms with Gasteiger partial charge in [0.25, 0.3) is 0 Å². The molecule has 3 bridgehead atoms. The smallest absolute Gasteiger partial charge is 0.226 e. The first-order valence-electron chi connectivity index (χ1n) is 12.4. The number of halogens is 1. The average Bonchev–Trinajstić information content (AvgIpc) is 3.49. The number of carbonyl (C=O) groups is 1. The highest BCUT2D eigenvalue weighted by Gasteiger charge is 2.50. The molecule has 172 valence electrons. The van der Waals surface area contributed by atoms with Gasteiger partial charge in [-0.2, -0.15) is 0 Å². The highest BCUT2D eigenvalue weighted by molar-refractivity contribution is 5.88. The number of methoxy groups -OCH3 is 1. The lowest BCUT2D eigenvalue weighted by atomic mass is 9.60. The van der Waals surface area contributed by atoms with Crippen LogP contribution >= 0.6 is 0 Å². The second kappa shape index (κ2) is 7.19. The van der Waals surface area contributed by atoms with Crippen LogP contribution in [0.1, 0.15) is 82.3 Å². The van der Waals surface area contributed by atoms with Gasteiger partial charge in [0, 0.05) is 34.8 Å². The second-order valence-corrected chi connectivity index (χ2v) is 11.1. The van der Waals surface area contributed by atoms with E-state index >= 15 is 4.39 Å². The van der Waals surface area contributed by atoms with E-state index in [1.54, 1.807) is 26.4 Å². The van der Waals surface area contributed by atoms with Crippen LogP contribution in [0.5, 0.6) is 5.75 Å². The fourth-order valence-corrected chi connectivity index (χ4v) is 7.44. The number of aromatic nitrogens is 2. The summed E-state index contributed by atoms with van der Waals surface area (Å²) in [7, 11) is 1.64. The molecule has 6 atom stereocenters. The zero-order valence-electron chi connectivity index (χ0n) is 19.4. The van der Waals surface area contributed by atoms with Gasteiger partial charge in [-0.05, 0) is 75.5 Å². The van der Waals surface area contributed by atoms with E-state index in [1.165, 1.54) is 6.42 Å². The molecule has 3 saturated carbocycles. The van der Waals surface area contributed by atoms with Crippen LogP contribution < -0.4 is 4.74 Å². The first-order valence-corrected chi connectivity index (χ1v) is 12.4. The van der Waals surface area contributed by atoms with Crippen molar-refractivity contribution >= 4 is 16.9 Å². The number of alkyl halides is 1. The predicted molar refractivity (Wildman–Crippen MR) is 121 cm³/mol. The number of pyridine rings is 1. The molecule has 0 spiro atoms. The Bertz CT molecular complexity index is 1050. The fourth-order valence-electron chi connectivity index (χ4n) is 7.44. The van der Waals surface area contributed by atoms with Gasteiger partial charge in [0.2, 0.25) is 5.91 Å². The number of nitrogens with zero attached hydrogens (tertiary/aromatic N) is 2. The van der Waals surface area contributed by atoms with E-state index in [4.69, 9.17) is 4.74 Å². The minimum absolute atomic E-state index is 0.0193. The van der Waals surface area contributed by atoms with Gasteiger partial charge in [-0.3, -0.25) is 4.79 Å². The molecular formula is C26H34FN3O2. The standard InChI is InChI=1S/C26H34FN3O2/c1-14-8-18-10-16-9-17(6-7-19(14)16)30(18)22(31)11-26(2,27)20-12-28-25-24(20)23(15-4-5-15)21(32-3)13-29-25/h12-19H,4-11H2,1-3H3,(H,28,29). The van der Waals surface area contributed by atoms with E-state index in [2.05, 4.69) is 21.8 Å². The molecule has 1 N–H and O–H groups in total. The van der Waals surface area contributed by atoms with Crippen LogP contribution in [-0.4, -0.2) is 40.0 Å². The summed E-state index contributed by atoms with van der Waals surface area (Å²) in [4.78, 5) is 23.4. The zero-order valence-corrected chi connectivity index (χ0v) is 19.4. The summed E-state index contributed by atoms with van der Waals surface area (Å²) in [5.74, 6) is 3.35. The van der Waals surface area contributed by atoms with Crippen molar-refractivity contribution in [1.82, 2.24) is 14.9 Å². The third kappa shape index (κ3) is 3.08. The minimum atomic E-state index is -1.76. The monoisotopic (exact) mass is 439 g/mol. The number of fused-ring (bicyclic) bond motifs is 3. The highest BCUT2D eigenvalue weighted by atomic mass is 19.1. The van der Waals surface area contributed by atoms with Gasteiger partial charge >= 0.3 is 0 Å². The van der Waals surface area contributed by atoms with Crippen molar-refractivity contribution in [3.05, 3.63) is 23.5 Å². The van der Waals surface area contributed by atoms with Crippen molar-refractivity contribution in [1.29, 1.82) is 0 Å². The van der Waals surface area contributed by atoms with Crippen LogP contribution in [-0.2, 0) is 10.5 Å². The maximum atomic E-state index is 16.4. The minimum Gasteiger partial charge on any atom is -0.495 e. The third-order valence-electron chi connectivity index (χ3n) is 8.99. The molecule has 1 aliphatic heterocycles. The largest absolute Gasteiger partial charge is 0.495 e. The summed E-state index contributed by atoms with van der Waals surface area (Å²) < 4.78 is 22.0. The van der Waals surface area contributed by atoms with Crippen molar-refractivity contribution in [3.8, 4) is 5.75 Å². The van der Waals surface area contributed by atoms with Gasteiger partial charge in [-0.25, -0.2) is 9.37 Å². The van der Waals surface area contributed by atoms with Gasteiger partial charge < -0.3 is 14.6 Å². The number of nitrogens with one attached hydrogen (secondary N) is 1. The molecule has 1 saturated heterocycles. The Balaban J connectivity index is 1.32. The first-order chi connectivity index (χ1) is 15.4. The molecular weight excluding hydrogens is 405 g/mol. The van der Waals surface area contributed by atoms with Crippen LogP contribution in [0.4, 0.5) is 4.39 Å². The second-order valence-electron chi connectivity index (χ2n) is 11.1. The molecule has 0 radical (unpaired) electrons. The first kappa shape index (κ1) is 20.5. The Morgan fingerprint density at radius 2 is 2.03 bits per heavy atom. The topological polar surface area (TPSA) is 58.2 Å². The van der Waals surface area contributed by atoms with Gasteiger partial charge in [-0.15, -0.1) is 0 Å². The number of carbonyl (C=O) groups excluding carboxylic acids is 1. The maximum Gasteiger partial charge on any atom is 0.226 e. The molecule has 5 nitrogen and oxygen atoms in total. The molecule has 2 aromatic rings. The lowest BCUT2D eigenvalue weighted by Gasteiger charge is -2.57. The predicted octanol–water partition coefficient (Wildman–Crippen LogP) is 5.45. The number of likely N-dealkylation sites (tertiary alicyclic amines) is 1. The van der Waals surface area contributed by atoms with E-state index in [1.807, 2.05) is 0 Å². The Hall–Kier alpha value is -2.11. The molecule has 2 aromatic heterocycles. The molecule has 6 unspecified atom stereocenters. The van der Waals surface area contributed by atoms with E-state index in [9.17, 15) is 4.79 Å². The van der Waals surface area contributed by atoms with Crippen LogP contribution in [0.2, 0.25) is 0 Å². The molecule has 4 fully saturated rings. The number of ether oxygens (including phenoxy) is 1. The number of amides is 1. The lowest BCUT2D eigenvalue weighted by Crippen LogP contribution is -2.59. The van der Waals surface area contributed by atoms with Gasteiger partial charge in [0.1, 0.15) is 17.1 Å². The molecule has 6 heteroatoms. The Kier molecular flexibility index (Phi) is 4.61. The number of piperidine rings is 1. The molecule has 4 aliphatic rings. The third-order valence-corrected chi connectivity index (χ3v) is 8.99. The van der Waals surface area contributed by atoms with E-state index in [-0.39, 0.29) is 12.3 Å². The van der Waals surface area contributed by atoms with Gasteiger partial charge in [0.05, 0.1) is 19.7 Å². The zero-order chi connectivity index (χ0) is 22.2. The molecule has 6 rings (SSSR count). The van der Waals surface area contributed by atoms with Crippen LogP contribution in [0.15, 0.2) is 12.4 Å². The quantitative estimate of drug-likeness (QED) is 0.674. The number of hydrogen-bond acceptors (Lipinski definition) is 3. The SMILES string of the molecule is COc1cnc2[nH]cc(C(C)(F)CC(=O)N3C4CCC5C(C)CC3CC5C4)c2c1C1CC1. The normalized spacial score (nSPS) is 33.4. The molecule has 32 heavy (non-hydrogen) atoms. The van der Waals surface area contributed by atoms with Crippen LogP contribution in [0.25, 0.3) is 11.0 Å². The Labute approximate surface area is 189 Å². The summed E-state index contributed by atoms with van der Waals surface area (Å²) in [6.07, 6.45) is 11.1. The number of hydrogen-bond donors (Lipinski definition) is 1. The van der Waals surface area contributed by atoms with Crippen LogP contribution in [0.3, 0.4) is 0 Å². The molecule has 3 heterocycles. The van der Waals surface area contributed by atoms with E-state index in [0.717, 1.165) is 67.1 Å². The number of rotatable bonds is 5. The maximum absolute atomic E-state index is 16.4. The number of aromatic amines is 1. The highest BCUT2D eigenvalue weighted by Crippen LogP contribution is 2.52.